The van der Waals surface area contributed by atoms with Gasteiger partial charge in [-0.1, -0.05) is 13.8 Å². The topological polar surface area (TPSA) is 59.9 Å². The predicted molar refractivity (Wildman–Crippen MR) is 99.8 cm³/mol. The lowest BCUT2D eigenvalue weighted by molar-refractivity contribution is 0.142. The van der Waals surface area contributed by atoms with Gasteiger partial charge in [-0.15, -0.1) is 0 Å². The minimum Gasteiger partial charge on any atom is -0.315 e. The molecule has 0 rings (SSSR count). The van der Waals surface area contributed by atoms with Gasteiger partial charge in [-0.2, -0.15) is 0 Å². The zero-order valence-electron chi connectivity index (χ0n) is 16.5. The maximum Gasteiger partial charge on any atom is 0.332 e. The lowest BCUT2D eigenvalue weighted by Gasteiger charge is -2.25. The molecule has 0 saturated heterocycles. The zero-order chi connectivity index (χ0) is 18.3. The summed E-state index contributed by atoms with van der Waals surface area (Å²) in [6.45, 7) is 19.3. The highest BCUT2D eigenvalue weighted by Crippen LogP contribution is 2.49. The molecule has 6 heteroatoms. The molecule has 0 aromatic rings. The van der Waals surface area contributed by atoms with Gasteiger partial charge in [0.15, 0.2) is 0 Å². The fraction of sp³-hybridized carbons (Fsp3) is 0.941. The van der Waals surface area contributed by atoms with Crippen LogP contribution >= 0.6 is 7.60 Å². The van der Waals surface area contributed by atoms with Gasteiger partial charge in [0.25, 0.3) is 0 Å². The molecule has 0 aromatic heterocycles. The van der Waals surface area contributed by atoms with Gasteiger partial charge < -0.3 is 14.4 Å². The Hall–Kier alpha value is -0.220. The average Bonchev–Trinajstić information content (AvgIpc) is 2.29. The van der Waals surface area contributed by atoms with Crippen LogP contribution in [0.1, 0.15) is 62.3 Å². The standard InChI is InChI=1S/C17H37N2O3P/c1-14(2)21-23(20,22-15(3)4)11-10-18-12-17(8,9)13-19-16(5,6)7/h13-15,18H,10-12H2,1-9H3. The molecule has 0 aliphatic carbocycles. The molecule has 0 aliphatic heterocycles. The van der Waals surface area contributed by atoms with Crippen LogP contribution in [0.15, 0.2) is 4.99 Å². The maximum atomic E-state index is 12.7. The van der Waals surface area contributed by atoms with Crippen molar-refractivity contribution in [2.45, 2.75) is 80.1 Å². The van der Waals surface area contributed by atoms with E-state index in [4.69, 9.17) is 9.05 Å². The summed E-state index contributed by atoms with van der Waals surface area (Å²) in [5, 5.41) is 3.34. The van der Waals surface area contributed by atoms with E-state index in [0.717, 1.165) is 6.54 Å². The van der Waals surface area contributed by atoms with Crippen molar-refractivity contribution in [1.29, 1.82) is 0 Å². The lowest BCUT2D eigenvalue weighted by atomic mass is 9.94. The smallest absolute Gasteiger partial charge is 0.315 e. The van der Waals surface area contributed by atoms with E-state index in [0.29, 0.717) is 12.7 Å². The van der Waals surface area contributed by atoms with Gasteiger partial charge in [-0.05, 0) is 48.5 Å². The average molecular weight is 348 g/mol. The van der Waals surface area contributed by atoms with Crippen molar-refractivity contribution in [1.82, 2.24) is 5.32 Å². The molecule has 0 aromatic carbocycles. The van der Waals surface area contributed by atoms with Gasteiger partial charge in [0.2, 0.25) is 0 Å². The summed E-state index contributed by atoms with van der Waals surface area (Å²) in [5.41, 5.74) is -0.127. The predicted octanol–water partition coefficient (Wildman–Crippen LogP) is 4.51. The quantitative estimate of drug-likeness (QED) is 0.358. The minimum absolute atomic E-state index is 0.0604. The van der Waals surface area contributed by atoms with E-state index in [1.165, 1.54) is 0 Å². The van der Waals surface area contributed by atoms with Crippen molar-refractivity contribution < 1.29 is 13.6 Å². The highest BCUT2D eigenvalue weighted by atomic mass is 31.2. The first-order valence-corrected chi connectivity index (χ1v) is 10.2. The third-order valence-electron chi connectivity index (χ3n) is 2.69. The minimum atomic E-state index is -3.05. The second-order valence-corrected chi connectivity index (χ2v) is 10.3. The van der Waals surface area contributed by atoms with E-state index in [2.05, 4.69) is 44.9 Å². The number of nitrogens with zero attached hydrogens (tertiary/aromatic N) is 1. The van der Waals surface area contributed by atoms with Crippen molar-refractivity contribution in [3.63, 3.8) is 0 Å². The number of rotatable bonds is 10. The van der Waals surface area contributed by atoms with Gasteiger partial charge in [0.1, 0.15) is 0 Å². The van der Waals surface area contributed by atoms with Crippen LogP contribution in [0.3, 0.4) is 0 Å². The van der Waals surface area contributed by atoms with Gasteiger partial charge in [-0.3, -0.25) is 9.56 Å². The van der Waals surface area contributed by atoms with Crippen LogP contribution in [0.5, 0.6) is 0 Å². The molecule has 0 spiro atoms. The van der Waals surface area contributed by atoms with Crippen LogP contribution in [0.25, 0.3) is 0 Å². The van der Waals surface area contributed by atoms with Crippen LogP contribution in [0.4, 0.5) is 0 Å². The fourth-order valence-electron chi connectivity index (χ4n) is 1.81. The highest BCUT2D eigenvalue weighted by Gasteiger charge is 2.27. The SMILES string of the molecule is CC(C)OP(=O)(CCNCC(C)(C)C=NC(C)(C)C)OC(C)C. The van der Waals surface area contributed by atoms with Crippen LogP contribution in [-0.4, -0.2) is 43.2 Å². The fourth-order valence-corrected chi connectivity index (χ4v) is 3.79. The Morgan fingerprint density at radius 1 is 1.04 bits per heavy atom. The van der Waals surface area contributed by atoms with Crippen molar-refractivity contribution in [2.75, 3.05) is 19.3 Å². The number of aliphatic imine (C=N–C) groups is 1. The van der Waals surface area contributed by atoms with Crippen molar-refractivity contribution in [3.05, 3.63) is 0 Å². The molecule has 0 aliphatic rings. The summed E-state index contributed by atoms with van der Waals surface area (Å²) in [5.74, 6) is 0. The lowest BCUT2D eigenvalue weighted by Crippen LogP contribution is -2.33. The van der Waals surface area contributed by atoms with Crippen LogP contribution in [0.2, 0.25) is 0 Å². The van der Waals surface area contributed by atoms with Gasteiger partial charge in [0.05, 0.1) is 23.9 Å². The Morgan fingerprint density at radius 3 is 1.91 bits per heavy atom. The van der Waals surface area contributed by atoms with Gasteiger partial charge in [-0.25, -0.2) is 0 Å². The second-order valence-electron chi connectivity index (χ2n) is 8.24. The van der Waals surface area contributed by atoms with E-state index < -0.39 is 7.60 Å². The molecule has 0 heterocycles. The van der Waals surface area contributed by atoms with E-state index in [-0.39, 0.29) is 23.2 Å². The summed E-state index contributed by atoms with van der Waals surface area (Å²) in [6.07, 6.45) is 2.13. The maximum absolute atomic E-state index is 12.7. The third-order valence-corrected chi connectivity index (χ3v) is 4.94. The summed E-state index contributed by atoms with van der Waals surface area (Å²) in [7, 11) is -3.05. The highest BCUT2D eigenvalue weighted by molar-refractivity contribution is 7.53. The summed E-state index contributed by atoms with van der Waals surface area (Å²) < 4.78 is 23.8. The molecule has 23 heavy (non-hydrogen) atoms. The van der Waals surface area contributed by atoms with Crippen molar-refractivity contribution in [3.8, 4) is 0 Å². The summed E-state index contributed by atoms with van der Waals surface area (Å²) in [6, 6.07) is 0. The number of hydrogen-bond acceptors (Lipinski definition) is 5. The van der Waals surface area contributed by atoms with Gasteiger partial charge >= 0.3 is 7.60 Å². The van der Waals surface area contributed by atoms with E-state index >= 15 is 0 Å². The summed E-state index contributed by atoms with van der Waals surface area (Å²) in [4.78, 5) is 4.57. The van der Waals surface area contributed by atoms with Crippen molar-refractivity contribution in [2.24, 2.45) is 10.4 Å². The third kappa shape index (κ3) is 12.8. The Bertz CT molecular complexity index is 399. The molecular weight excluding hydrogens is 311 g/mol. The van der Waals surface area contributed by atoms with E-state index in [1.54, 1.807) is 0 Å². The number of hydrogen-bond donors (Lipinski definition) is 1. The molecule has 0 fully saturated rings. The van der Waals surface area contributed by atoms with E-state index in [9.17, 15) is 4.57 Å². The molecule has 138 valence electrons. The molecular formula is C17H37N2O3P. The zero-order valence-corrected chi connectivity index (χ0v) is 17.4. The van der Waals surface area contributed by atoms with E-state index in [1.807, 2.05) is 33.9 Å². The Labute approximate surface area is 143 Å². The van der Waals surface area contributed by atoms with Crippen molar-refractivity contribution >= 4 is 13.8 Å². The van der Waals surface area contributed by atoms with Crippen LogP contribution < -0.4 is 5.32 Å². The normalized spacial score (nSPS) is 14.4. The molecule has 1 N–H and O–H groups in total. The van der Waals surface area contributed by atoms with Crippen LogP contribution in [-0.2, 0) is 13.6 Å². The first kappa shape index (κ1) is 22.8. The Morgan fingerprint density at radius 2 is 1.52 bits per heavy atom. The van der Waals surface area contributed by atoms with Crippen LogP contribution in [0, 0.1) is 5.41 Å². The van der Waals surface area contributed by atoms with Gasteiger partial charge in [0, 0.05) is 24.7 Å². The molecule has 0 radical (unpaired) electrons. The molecule has 0 unspecified atom stereocenters. The Kier molecular flexibility index (Phi) is 9.22. The summed E-state index contributed by atoms with van der Waals surface area (Å²) >= 11 is 0. The monoisotopic (exact) mass is 348 g/mol. The molecule has 0 atom stereocenters. The largest absolute Gasteiger partial charge is 0.332 e. The first-order valence-electron chi connectivity index (χ1n) is 8.48. The molecule has 0 bridgehead atoms. The Balaban J connectivity index is 4.44. The molecule has 0 amide bonds. The molecule has 0 saturated carbocycles. The number of nitrogens with one attached hydrogen (secondary N) is 1. The molecule has 5 nitrogen and oxygen atoms in total. The second kappa shape index (κ2) is 9.31. The first-order chi connectivity index (χ1) is 10.2.